The molecule has 2 aromatic carbocycles. The van der Waals surface area contributed by atoms with Crippen LogP contribution in [0.15, 0.2) is 48.5 Å². The number of rotatable bonds is 6. The number of piperidine rings is 1. The first kappa shape index (κ1) is 20.8. The Bertz CT molecular complexity index is 813. The predicted molar refractivity (Wildman–Crippen MR) is 112 cm³/mol. The topological polar surface area (TPSA) is 61.4 Å². The number of benzene rings is 2. The van der Waals surface area contributed by atoms with E-state index in [-0.39, 0.29) is 17.8 Å². The van der Waals surface area contributed by atoms with Gasteiger partial charge in [0.15, 0.2) is 0 Å². The Morgan fingerprint density at radius 1 is 1.03 bits per heavy atom. The number of urea groups is 1. The van der Waals surface area contributed by atoms with Gasteiger partial charge in [0.05, 0.1) is 0 Å². The third-order valence-electron chi connectivity index (χ3n) is 5.30. The van der Waals surface area contributed by atoms with Crippen molar-refractivity contribution in [3.8, 4) is 0 Å². The van der Waals surface area contributed by atoms with Gasteiger partial charge < -0.3 is 15.5 Å². The van der Waals surface area contributed by atoms with Gasteiger partial charge in [-0.15, -0.1) is 0 Å². The van der Waals surface area contributed by atoms with Crippen molar-refractivity contribution in [3.63, 3.8) is 0 Å². The average Bonchev–Trinajstić information content (AvgIpc) is 2.75. The molecule has 0 spiro atoms. The van der Waals surface area contributed by atoms with Gasteiger partial charge in [-0.3, -0.25) is 4.79 Å². The fourth-order valence-corrected chi connectivity index (χ4v) is 3.53. The standard InChI is InChI=1S/C23H28FN3O2/c1-2-3-17-4-6-19(7-5-17)22(28)25-16-18-12-14-27(15-13-18)23(29)26-21-10-8-20(24)9-11-21/h4-11,18H,2-3,12-16H2,1H3,(H,25,28)(H,26,29). The van der Waals surface area contributed by atoms with Crippen LogP contribution in [0.3, 0.4) is 0 Å². The second-order valence-corrected chi connectivity index (χ2v) is 7.52. The van der Waals surface area contributed by atoms with Gasteiger partial charge in [-0.25, -0.2) is 9.18 Å². The van der Waals surface area contributed by atoms with Crippen LogP contribution in [0.4, 0.5) is 14.9 Å². The normalized spacial score (nSPS) is 14.5. The summed E-state index contributed by atoms with van der Waals surface area (Å²) in [4.78, 5) is 26.4. The lowest BCUT2D eigenvalue weighted by molar-refractivity contribution is 0.0938. The smallest absolute Gasteiger partial charge is 0.321 e. The van der Waals surface area contributed by atoms with E-state index in [2.05, 4.69) is 17.6 Å². The predicted octanol–water partition coefficient (Wildman–Crippen LogP) is 4.45. The summed E-state index contributed by atoms with van der Waals surface area (Å²) in [6, 6.07) is 13.3. The molecular weight excluding hydrogens is 369 g/mol. The van der Waals surface area contributed by atoms with E-state index in [1.54, 1.807) is 17.0 Å². The number of carbonyl (C=O) groups is 2. The van der Waals surface area contributed by atoms with E-state index in [0.29, 0.717) is 36.8 Å². The molecule has 0 unspecified atom stereocenters. The number of halogens is 1. The molecule has 0 atom stereocenters. The summed E-state index contributed by atoms with van der Waals surface area (Å²) in [5.74, 6) is -0.0273. The van der Waals surface area contributed by atoms with Gasteiger partial charge in [0, 0.05) is 30.9 Å². The van der Waals surface area contributed by atoms with Gasteiger partial charge in [-0.1, -0.05) is 25.5 Å². The van der Waals surface area contributed by atoms with Crippen molar-refractivity contribution in [1.82, 2.24) is 10.2 Å². The van der Waals surface area contributed by atoms with Crippen LogP contribution in [0.1, 0.15) is 42.1 Å². The number of carbonyl (C=O) groups excluding carboxylic acids is 2. The summed E-state index contributed by atoms with van der Waals surface area (Å²) >= 11 is 0. The molecule has 1 aliphatic rings. The number of hydrogen-bond donors (Lipinski definition) is 2. The fraction of sp³-hybridized carbons (Fsp3) is 0.391. The molecule has 1 aliphatic heterocycles. The summed E-state index contributed by atoms with van der Waals surface area (Å²) in [5, 5.41) is 5.81. The first-order valence-corrected chi connectivity index (χ1v) is 10.2. The summed E-state index contributed by atoms with van der Waals surface area (Å²) in [6.07, 6.45) is 3.79. The van der Waals surface area contributed by atoms with Crippen molar-refractivity contribution < 1.29 is 14.0 Å². The molecule has 154 valence electrons. The minimum atomic E-state index is -0.331. The molecule has 0 saturated carbocycles. The van der Waals surface area contributed by atoms with Gasteiger partial charge >= 0.3 is 6.03 Å². The number of hydrogen-bond acceptors (Lipinski definition) is 2. The Morgan fingerprint density at radius 3 is 2.31 bits per heavy atom. The van der Waals surface area contributed by atoms with E-state index >= 15 is 0 Å². The number of amides is 3. The second-order valence-electron chi connectivity index (χ2n) is 7.52. The Labute approximate surface area is 171 Å². The lowest BCUT2D eigenvalue weighted by Gasteiger charge is -2.32. The van der Waals surface area contributed by atoms with Crippen LogP contribution in [0.25, 0.3) is 0 Å². The number of anilines is 1. The van der Waals surface area contributed by atoms with Crippen LogP contribution < -0.4 is 10.6 Å². The molecule has 2 aromatic rings. The summed E-state index contributed by atoms with van der Waals surface area (Å²) in [6.45, 7) is 4.03. The molecule has 29 heavy (non-hydrogen) atoms. The first-order valence-electron chi connectivity index (χ1n) is 10.2. The zero-order valence-corrected chi connectivity index (χ0v) is 16.8. The highest BCUT2D eigenvalue weighted by atomic mass is 19.1. The van der Waals surface area contributed by atoms with Crippen molar-refractivity contribution in [2.24, 2.45) is 5.92 Å². The maximum absolute atomic E-state index is 13.0. The molecule has 3 amide bonds. The molecule has 0 bridgehead atoms. The molecule has 0 aliphatic carbocycles. The minimum absolute atomic E-state index is 0.0514. The number of likely N-dealkylation sites (tertiary alicyclic amines) is 1. The summed E-state index contributed by atoms with van der Waals surface area (Å²) in [7, 11) is 0. The van der Waals surface area contributed by atoms with Crippen LogP contribution in [0.5, 0.6) is 0 Å². The van der Waals surface area contributed by atoms with Crippen LogP contribution >= 0.6 is 0 Å². The second kappa shape index (κ2) is 10.0. The van der Waals surface area contributed by atoms with Gasteiger partial charge in [0.25, 0.3) is 5.91 Å². The summed E-state index contributed by atoms with van der Waals surface area (Å²) < 4.78 is 13.0. The van der Waals surface area contributed by atoms with Crippen LogP contribution in [-0.2, 0) is 6.42 Å². The lowest BCUT2D eigenvalue weighted by atomic mass is 9.97. The number of nitrogens with zero attached hydrogens (tertiary/aromatic N) is 1. The van der Waals surface area contributed by atoms with Crippen LogP contribution in [0, 0.1) is 11.7 Å². The SMILES string of the molecule is CCCc1ccc(C(=O)NCC2CCN(C(=O)Nc3ccc(F)cc3)CC2)cc1. The monoisotopic (exact) mass is 397 g/mol. The third kappa shape index (κ3) is 6.04. The van der Waals surface area contributed by atoms with E-state index in [9.17, 15) is 14.0 Å². The van der Waals surface area contributed by atoms with Gasteiger partial charge in [-0.05, 0) is 67.1 Å². The van der Waals surface area contributed by atoms with Crippen molar-refractivity contribution >= 4 is 17.6 Å². The quantitative estimate of drug-likeness (QED) is 0.756. The highest BCUT2D eigenvalue weighted by molar-refractivity contribution is 5.94. The van der Waals surface area contributed by atoms with Gasteiger partial charge in [0.1, 0.15) is 5.82 Å². The van der Waals surface area contributed by atoms with E-state index < -0.39 is 0 Å². The van der Waals surface area contributed by atoms with Gasteiger partial charge in [-0.2, -0.15) is 0 Å². The molecular formula is C23H28FN3O2. The number of aryl methyl sites for hydroxylation is 1. The van der Waals surface area contributed by atoms with Crippen molar-refractivity contribution in [2.45, 2.75) is 32.6 Å². The molecule has 0 radical (unpaired) electrons. The maximum atomic E-state index is 13.0. The first-order chi connectivity index (χ1) is 14.0. The fourth-order valence-electron chi connectivity index (χ4n) is 3.53. The van der Waals surface area contributed by atoms with E-state index in [1.165, 1.54) is 17.7 Å². The molecule has 5 nitrogen and oxygen atoms in total. The molecule has 0 aromatic heterocycles. The Morgan fingerprint density at radius 2 is 1.69 bits per heavy atom. The molecule has 2 N–H and O–H groups in total. The highest BCUT2D eigenvalue weighted by Crippen LogP contribution is 2.18. The molecule has 6 heteroatoms. The van der Waals surface area contributed by atoms with Crippen molar-refractivity contribution in [2.75, 3.05) is 25.0 Å². The molecule has 1 fully saturated rings. The summed E-state index contributed by atoms with van der Waals surface area (Å²) in [5.41, 5.74) is 2.51. The average molecular weight is 397 g/mol. The van der Waals surface area contributed by atoms with Crippen molar-refractivity contribution in [1.29, 1.82) is 0 Å². The maximum Gasteiger partial charge on any atom is 0.321 e. The highest BCUT2D eigenvalue weighted by Gasteiger charge is 2.23. The Hall–Kier alpha value is -2.89. The van der Waals surface area contributed by atoms with Gasteiger partial charge in [0.2, 0.25) is 0 Å². The number of nitrogens with one attached hydrogen (secondary N) is 2. The zero-order chi connectivity index (χ0) is 20.6. The molecule has 1 heterocycles. The third-order valence-corrected chi connectivity index (χ3v) is 5.30. The van der Waals surface area contributed by atoms with Crippen molar-refractivity contribution in [3.05, 3.63) is 65.5 Å². The van der Waals surface area contributed by atoms with E-state index in [4.69, 9.17) is 0 Å². The largest absolute Gasteiger partial charge is 0.352 e. The lowest BCUT2D eigenvalue weighted by Crippen LogP contribution is -2.43. The van der Waals surface area contributed by atoms with E-state index in [0.717, 1.165) is 25.7 Å². The van der Waals surface area contributed by atoms with Crippen LogP contribution in [-0.4, -0.2) is 36.5 Å². The molecule has 1 saturated heterocycles. The zero-order valence-electron chi connectivity index (χ0n) is 16.8. The Balaban J connectivity index is 1.40. The Kier molecular flexibility index (Phi) is 7.22. The minimum Gasteiger partial charge on any atom is -0.352 e. The van der Waals surface area contributed by atoms with E-state index in [1.807, 2.05) is 24.3 Å². The van der Waals surface area contributed by atoms with Crippen LogP contribution in [0.2, 0.25) is 0 Å². The molecule has 3 rings (SSSR count).